The number of nitrogens with one attached hydrogen (secondary N) is 1. The maximum atomic E-state index is 12.3. The summed E-state index contributed by atoms with van der Waals surface area (Å²) in [7, 11) is -2.49. The van der Waals surface area contributed by atoms with Crippen LogP contribution in [0.4, 0.5) is 10.7 Å². The van der Waals surface area contributed by atoms with Crippen molar-refractivity contribution in [3.8, 4) is 11.8 Å². The molecule has 20 heavy (non-hydrogen) atoms. The van der Waals surface area contributed by atoms with Crippen molar-refractivity contribution in [1.29, 1.82) is 5.26 Å². The van der Waals surface area contributed by atoms with E-state index >= 15 is 0 Å². The van der Waals surface area contributed by atoms with Gasteiger partial charge in [0.25, 0.3) is 10.0 Å². The number of hydrogen-bond acceptors (Lipinski definition) is 6. The number of nitrogens with two attached hydrogens (primary N) is 1. The largest absolute Gasteiger partial charge is 0.495 e. The van der Waals surface area contributed by atoms with E-state index in [4.69, 9.17) is 15.7 Å². The van der Waals surface area contributed by atoms with Crippen LogP contribution in [0.25, 0.3) is 0 Å². The molecule has 0 saturated carbocycles. The van der Waals surface area contributed by atoms with E-state index in [0.29, 0.717) is 5.69 Å². The highest BCUT2D eigenvalue weighted by Crippen LogP contribution is 2.30. The van der Waals surface area contributed by atoms with E-state index in [-0.39, 0.29) is 21.2 Å². The van der Waals surface area contributed by atoms with Crippen LogP contribution in [0.1, 0.15) is 5.56 Å². The van der Waals surface area contributed by atoms with Crippen LogP contribution in [0.3, 0.4) is 0 Å². The molecule has 0 bridgehead atoms. The normalized spacial score (nSPS) is 10.8. The van der Waals surface area contributed by atoms with E-state index < -0.39 is 10.0 Å². The third-order valence-electron chi connectivity index (χ3n) is 2.49. The van der Waals surface area contributed by atoms with Gasteiger partial charge in [0, 0.05) is 11.8 Å². The van der Waals surface area contributed by atoms with Gasteiger partial charge in [-0.25, -0.2) is 8.42 Å². The lowest BCUT2D eigenvalue weighted by molar-refractivity contribution is 0.403. The lowest BCUT2D eigenvalue weighted by atomic mass is 10.3. The quantitative estimate of drug-likeness (QED) is 0.840. The summed E-state index contributed by atoms with van der Waals surface area (Å²) in [6.45, 7) is 0. The van der Waals surface area contributed by atoms with E-state index in [9.17, 15) is 8.42 Å². The number of rotatable bonds is 4. The molecular formula is C12H11N3O3S2. The molecule has 0 aliphatic heterocycles. The van der Waals surface area contributed by atoms with Crippen molar-refractivity contribution in [3.05, 3.63) is 35.2 Å². The fraction of sp³-hybridized carbons (Fsp3) is 0.0833. The molecule has 3 N–H and O–H groups in total. The lowest BCUT2D eigenvalue weighted by Crippen LogP contribution is -2.14. The molecule has 0 aliphatic carbocycles. The summed E-state index contributed by atoms with van der Waals surface area (Å²) in [4.78, 5) is -0.0357. The number of nitriles is 1. The third-order valence-corrected chi connectivity index (χ3v) is 4.84. The van der Waals surface area contributed by atoms with Gasteiger partial charge in [-0.15, -0.1) is 11.3 Å². The number of hydrogen-bond donors (Lipinski definition) is 2. The van der Waals surface area contributed by atoms with Gasteiger partial charge in [-0.1, -0.05) is 0 Å². The summed E-state index contributed by atoms with van der Waals surface area (Å²) in [5.74, 6) is 0.146. The van der Waals surface area contributed by atoms with E-state index in [1.165, 1.54) is 25.3 Å². The molecule has 0 radical (unpaired) electrons. The predicted octanol–water partition coefficient (Wildman–Crippen LogP) is 2.01. The summed E-state index contributed by atoms with van der Waals surface area (Å²) < 4.78 is 32.1. The molecular weight excluding hydrogens is 298 g/mol. The summed E-state index contributed by atoms with van der Waals surface area (Å²) in [5.41, 5.74) is 6.26. The number of nitrogen functional groups attached to an aromatic ring is 1. The lowest BCUT2D eigenvalue weighted by Gasteiger charge is -2.11. The van der Waals surface area contributed by atoms with Crippen molar-refractivity contribution < 1.29 is 13.2 Å². The van der Waals surface area contributed by atoms with Gasteiger partial charge in [0.15, 0.2) is 0 Å². The Bertz CT molecular complexity index is 775. The molecule has 1 aromatic heterocycles. The average Bonchev–Trinajstić information content (AvgIpc) is 2.84. The number of nitrogens with zero attached hydrogens (tertiary/aromatic N) is 1. The zero-order chi connectivity index (χ0) is 14.8. The number of thiophene rings is 1. The molecule has 1 heterocycles. The molecule has 6 nitrogen and oxygen atoms in total. The minimum absolute atomic E-state index is 0.0357. The first kappa shape index (κ1) is 14.2. The Morgan fingerprint density at radius 2 is 2.15 bits per heavy atom. The number of benzene rings is 1. The maximum absolute atomic E-state index is 12.3. The Morgan fingerprint density at radius 1 is 1.40 bits per heavy atom. The van der Waals surface area contributed by atoms with Crippen LogP contribution in [-0.4, -0.2) is 15.5 Å². The maximum Gasteiger partial charge on any atom is 0.266 e. The van der Waals surface area contributed by atoms with Gasteiger partial charge >= 0.3 is 0 Å². The van der Waals surface area contributed by atoms with Crippen LogP contribution >= 0.6 is 11.3 Å². The number of ether oxygens (including phenoxy) is 1. The molecule has 8 heteroatoms. The highest BCUT2D eigenvalue weighted by molar-refractivity contribution is 7.93. The molecule has 0 unspecified atom stereocenters. The van der Waals surface area contributed by atoms with Gasteiger partial charge in [-0.2, -0.15) is 5.26 Å². The van der Waals surface area contributed by atoms with E-state index in [0.717, 1.165) is 11.3 Å². The van der Waals surface area contributed by atoms with E-state index in [2.05, 4.69) is 4.72 Å². The Kier molecular flexibility index (Phi) is 3.83. The van der Waals surface area contributed by atoms with Gasteiger partial charge in [-0.3, -0.25) is 4.72 Å². The van der Waals surface area contributed by atoms with Crippen molar-refractivity contribution in [2.24, 2.45) is 0 Å². The number of sulfonamides is 1. The van der Waals surface area contributed by atoms with Gasteiger partial charge < -0.3 is 10.5 Å². The molecule has 0 aliphatic rings. The molecule has 2 aromatic rings. The highest BCUT2D eigenvalue weighted by Gasteiger charge is 2.21. The minimum atomic E-state index is -3.85. The molecule has 104 valence electrons. The smallest absolute Gasteiger partial charge is 0.266 e. The van der Waals surface area contributed by atoms with Gasteiger partial charge in [-0.05, 0) is 23.6 Å². The van der Waals surface area contributed by atoms with Crippen LogP contribution in [0.15, 0.2) is 34.5 Å². The summed E-state index contributed by atoms with van der Waals surface area (Å²) in [6, 6.07) is 7.71. The van der Waals surface area contributed by atoms with Crippen molar-refractivity contribution in [1.82, 2.24) is 0 Å². The topological polar surface area (TPSA) is 105 Å². The van der Waals surface area contributed by atoms with Gasteiger partial charge in [0.05, 0.1) is 12.7 Å². The molecule has 0 amide bonds. The Labute approximate surface area is 120 Å². The summed E-state index contributed by atoms with van der Waals surface area (Å²) in [6.07, 6.45) is 0. The molecule has 0 atom stereocenters. The Morgan fingerprint density at radius 3 is 2.80 bits per heavy atom. The third kappa shape index (κ3) is 2.68. The standard InChI is InChI=1S/C12H11N3O3S2/c1-18-10-6-9(14)2-3-11(10)20(16,17)15-12-8(7-13)4-5-19-12/h2-6,15H,14H2,1H3. The first-order chi connectivity index (χ1) is 9.47. The van der Waals surface area contributed by atoms with Crippen LogP contribution in [0.5, 0.6) is 5.75 Å². The fourth-order valence-corrected chi connectivity index (χ4v) is 3.78. The minimum Gasteiger partial charge on any atom is -0.495 e. The van der Waals surface area contributed by atoms with Crippen LogP contribution in [0, 0.1) is 11.3 Å². The molecule has 0 fully saturated rings. The van der Waals surface area contributed by atoms with Crippen molar-refractivity contribution in [2.75, 3.05) is 17.6 Å². The zero-order valence-electron chi connectivity index (χ0n) is 10.5. The molecule has 0 saturated heterocycles. The van der Waals surface area contributed by atoms with Crippen molar-refractivity contribution in [3.63, 3.8) is 0 Å². The van der Waals surface area contributed by atoms with Crippen LogP contribution in [-0.2, 0) is 10.0 Å². The zero-order valence-corrected chi connectivity index (χ0v) is 12.1. The monoisotopic (exact) mass is 309 g/mol. The number of anilines is 2. The second kappa shape index (κ2) is 5.40. The second-order valence-corrected chi connectivity index (χ2v) is 6.36. The first-order valence-corrected chi connectivity index (χ1v) is 7.78. The number of methoxy groups -OCH3 is 1. The SMILES string of the molecule is COc1cc(N)ccc1S(=O)(=O)Nc1sccc1C#N. The van der Waals surface area contributed by atoms with E-state index in [1.807, 2.05) is 6.07 Å². The summed E-state index contributed by atoms with van der Waals surface area (Å²) >= 11 is 1.13. The molecule has 2 rings (SSSR count). The van der Waals surface area contributed by atoms with Gasteiger partial charge in [0.1, 0.15) is 21.7 Å². The highest BCUT2D eigenvalue weighted by atomic mass is 32.2. The van der Waals surface area contributed by atoms with E-state index in [1.54, 1.807) is 11.4 Å². The Balaban J connectivity index is 2.44. The van der Waals surface area contributed by atoms with Crippen LogP contribution < -0.4 is 15.2 Å². The van der Waals surface area contributed by atoms with Crippen molar-refractivity contribution in [2.45, 2.75) is 4.90 Å². The van der Waals surface area contributed by atoms with Gasteiger partial charge in [0.2, 0.25) is 0 Å². The predicted molar refractivity (Wildman–Crippen MR) is 77.2 cm³/mol. The fourth-order valence-electron chi connectivity index (χ4n) is 1.56. The summed E-state index contributed by atoms with van der Waals surface area (Å²) in [5, 5.41) is 10.8. The molecule has 1 aromatic carbocycles. The first-order valence-electron chi connectivity index (χ1n) is 5.42. The average molecular weight is 309 g/mol. The second-order valence-electron chi connectivity index (χ2n) is 3.79. The van der Waals surface area contributed by atoms with Crippen molar-refractivity contribution >= 4 is 32.0 Å². The Hall–Kier alpha value is -2.24. The molecule has 0 spiro atoms. The van der Waals surface area contributed by atoms with Crippen LogP contribution in [0.2, 0.25) is 0 Å².